The lowest BCUT2D eigenvalue weighted by atomic mass is 10.2. The Morgan fingerprint density at radius 2 is 2.29 bits per heavy atom. The summed E-state index contributed by atoms with van der Waals surface area (Å²) in [6, 6.07) is 6.21. The van der Waals surface area contributed by atoms with Crippen LogP contribution in [0.5, 0.6) is 5.75 Å². The number of fused-ring (bicyclic) bond motifs is 1. The number of nitrogens with zero attached hydrogens (tertiary/aromatic N) is 2. The molecule has 1 aliphatic rings. The third-order valence-electron chi connectivity index (χ3n) is 3.97. The van der Waals surface area contributed by atoms with Crippen molar-refractivity contribution in [1.82, 2.24) is 9.55 Å². The van der Waals surface area contributed by atoms with Crippen molar-refractivity contribution in [2.45, 2.75) is 31.5 Å². The fourth-order valence-corrected chi connectivity index (χ4v) is 3.42. The van der Waals surface area contributed by atoms with Gasteiger partial charge in [-0.2, -0.15) is 0 Å². The number of aliphatic carboxylic acids is 1. The summed E-state index contributed by atoms with van der Waals surface area (Å²) in [6.45, 7) is 4.44. The SMILES string of the molecule is COc1cccc2c1nc(SCC(=O)O)n2C1CC1(C)C. The summed E-state index contributed by atoms with van der Waals surface area (Å²) in [4.78, 5) is 15.5. The van der Waals surface area contributed by atoms with Gasteiger partial charge in [-0.25, -0.2) is 4.98 Å². The molecule has 1 aromatic carbocycles. The maximum absolute atomic E-state index is 10.9. The molecule has 1 aromatic heterocycles. The van der Waals surface area contributed by atoms with Crippen LogP contribution in [0.2, 0.25) is 0 Å². The van der Waals surface area contributed by atoms with Crippen LogP contribution in [0.1, 0.15) is 26.3 Å². The molecule has 0 bridgehead atoms. The van der Waals surface area contributed by atoms with Gasteiger partial charge in [-0.3, -0.25) is 4.79 Å². The molecule has 1 fully saturated rings. The van der Waals surface area contributed by atoms with Gasteiger partial charge in [-0.15, -0.1) is 0 Å². The normalized spacial score (nSPS) is 19.7. The molecule has 3 rings (SSSR count). The van der Waals surface area contributed by atoms with Crippen molar-refractivity contribution in [3.8, 4) is 5.75 Å². The number of carboxylic acid groups (broad SMARTS) is 1. The summed E-state index contributed by atoms with van der Waals surface area (Å²) in [7, 11) is 1.62. The monoisotopic (exact) mass is 306 g/mol. The van der Waals surface area contributed by atoms with Crippen LogP contribution in [-0.4, -0.2) is 33.5 Å². The Balaban J connectivity index is 2.11. The molecule has 0 aliphatic heterocycles. The Morgan fingerprint density at radius 1 is 1.57 bits per heavy atom. The number of carbonyl (C=O) groups is 1. The van der Waals surface area contributed by atoms with Gasteiger partial charge in [0.2, 0.25) is 0 Å². The Kier molecular flexibility index (Phi) is 3.36. The minimum absolute atomic E-state index is 0.0127. The average molecular weight is 306 g/mol. The predicted octanol–water partition coefficient (Wildman–Crippen LogP) is 3.19. The van der Waals surface area contributed by atoms with E-state index in [-0.39, 0.29) is 11.2 Å². The molecule has 1 heterocycles. The number of ether oxygens (including phenoxy) is 1. The van der Waals surface area contributed by atoms with E-state index in [1.165, 1.54) is 11.8 Å². The smallest absolute Gasteiger partial charge is 0.313 e. The number of para-hydroxylation sites is 1. The van der Waals surface area contributed by atoms with Crippen LogP contribution in [0.3, 0.4) is 0 Å². The van der Waals surface area contributed by atoms with Crippen molar-refractivity contribution in [1.29, 1.82) is 0 Å². The highest BCUT2D eigenvalue weighted by molar-refractivity contribution is 7.99. The molecule has 0 spiro atoms. The summed E-state index contributed by atoms with van der Waals surface area (Å²) in [5.74, 6) is -0.0961. The van der Waals surface area contributed by atoms with E-state index in [0.717, 1.165) is 28.4 Å². The molecule has 0 saturated heterocycles. The zero-order valence-corrected chi connectivity index (χ0v) is 13.1. The molecule has 1 saturated carbocycles. The van der Waals surface area contributed by atoms with E-state index >= 15 is 0 Å². The summed E-state index contributed by atoms with van der Waals surface area (Å²) < 4.78 is 7.54. The fourth-order valence-electron chi connectivity index (χ4n) is 2.64. The Morgan fingerprint density at radius 3 is 2.86 bits per heavy atom. The van der Waals surface area contributed by atoms with Crippen LogP contribution in [0.25, 0.3) is 11.0 Å². The molecule has 21 heavy (non-hydrogen) atoms. The first-order chi connectivity index (χ1) is 9.94. The lowest BCUT2D eigenvalue weighted by molar-refractivity contribution is -0.133. The van der Waals surface area contributed by atoms with E-state index in [9.17, 15) is 4.79 Å². The summed E-state index contributed by atoms with van der Waals surface area (Å²) >= 11 is 1.27. The highest BCUT2D eigenvalue weighted by Gasteiger charge is 2.48. The fraction of sp³-hybridized carbons (Fsp3) is 0.467. The second kappa shape index (κ2) is 4.94. The van der Waals surface area contributed by atoms with Crippen LogP contribution < -0.4 is 4.74 Å². The highest BCUT2D eigenvalue weighted by Crippen LogP contribution is 2.57. The van der Waals surface area contributed by atoms with Crippen molar-refractivity contribution in [2.24, 2.45) is 5.41 Å². The van der Waals surface area contributed by atoms with Crippen LogP contribution in [0.15, 0.2) is 23.4 Å². The molecule has 1 N–H and O–H groups in total. The molecule has 1 atom stereocenters. The highest BCUT2D eigenvalue weighted by atomic mass is 32.2. The third kappa shape index (κ3) is 2.48. The molecular weight excluding hydrogens is 288 g/mol. The van der Waals surface area contributed by atoms with Crippen molar-refractivity contribution >= 4 is 28.8 Å². The Labute approximate surface area is 127 Å². The van der Waals surface area contributed by atoms with Crippen molar-refractivity contribution in [3.05, 3.63) is 18.2 Å². The zero-order valence-electron chi connectivity index (χ0n) is 12.3. The lowest BCUT2D eigenvalue weighted by Crippen LogP contribution is -2.04. The van der Waals surface area contributed by atoms with Gasteiger partial charge < -0.3 is 14.4 Å². The van der Waals surface area contributed by atoms with Gasteiger partial charge in [0.15, 0.2) is 5.16 Å². The zero-order chi connectivity index (χ0) is 15.2. The number of benzene rings is 1. The second-order valence-corrected chi connectivity index (χ2v) is 6.93. The van der Waals surface area contributed by atoms with Crippen LogP contribution in [0, 0.1) is 5.41 Å². The molecule has 0 amide bonds. The lowest BCUT2D eigenvalue weighted by Gasteiger charge is -2.10. The van der Waals surface area contributed by atoms with Gasteiger partial charge in [-0.1, -0.05) is 31.7 Å². The second-order valence-electron chi connectivity index (χ2n) is 5.98. The van der Waals surface area contributed by atoms with Gasteiger partial charge in [-0.05, 0) is 24.0 Å². The topological polar surface area (TPSA) is 64.3 Å². The number of rotatable bonds is 5. The number of hydrogen-bond donors (Lipinski definition) is 1. The molecule has 0 radical (unpaired) electrons. The standard InChI is InChI=1S/C15H18N2O3S/c1-15(2)7-11(15)17-9-5-4-6-10(20-3)13(9)16-14(17)21-8-12(18)19/h4-6,11H,7-8H2,1-3H3,(H,18,19). The van der Waals surface area contributed by atoms with Crippen molar-refractivity contribution in [2.75, 3.05) is 12.9 Å². The van der Waals surface area contributed by atoms with Gasteiger partial charge in [0, 0.05) is 6.04 Å². The van der Waals surface area contributed by atoms with Crippen LogP contribution in [0.4, 0.5) is 0 Å². The molecule has 1 aliphatic carbocycles. The van der Waals surface area contributed by atoms with Gasteiger partial charge in [0.05, 0.1) is 18.4 Å². The number of methoxy groups -OCH3 is 1. The van der Waals surface area contributed by atoms with Crippen LogP contribution >= 0.6 is 11.8 Å². The van der Waals surface area contributed by atoms with Gasteiger partial charge in [0.1, 0.15) is 11.3 Å². The van der Waals surface area contributed by atoms with E-state index in [4.69, 9.17) is 9.84 Å². The number of carboxylic acids is 1. The Hall–Kier alpha value is -1.69. The molecular formula is C15H18N2O3S. The summed E-state index contributed by atoms with van der Waals surface area (Å²) in [5.41, 5.74) is 2.04. The third-order valence-corrected chi connectivity index (χ3v) is 4.91. The molecule has 6 heteroatoms. The van der Waals surface area contributed by atoms with Crippen molar-refractivity contribution < 1.29 is 14.6 Å². The van der Waals surface area contributed by atoms with Crippen molar-refractivity contribution in [3.63, 3.8) is 0 Å². The maximum Gasteiger partial charge on any atom is 0.313 e. The number of aromatic nitrogens is 2. The summed E-state index contributed by atoms with van der Waals surface area (Å²) in [6.07, 6.45) is 1.08. The molecule has 1 unspecified atom stereocenters. The minimum atomic E-state index is -0.833. The van der Waals surface area contributed by atoms with E-state index in [2.05, 4.69) is 23.4 Å². The van der Waals surface area contributed by atoms with E-state index in [0.29, 0.717) is 6.04 Å². The Bertz CT molecular complexity index is 708. The quantitative estimate of drug-likeness (QED) is 0.859. The minimum Gasteiger partial charge on any atom is -0.494 e. The average Bonchev–Trinajstić information content (AvgIpc) is 2.91. The number of hydrogen-bond acceptors (Lipinski definition) is 4. The molecule has 2 aromatic rings. The first-order valence-electron chi connectivity index (χ1n) is 6.83. The number of imidazole rings is 1. The van der Waals surface area contributed by atoms with Crippen LogP contribution in [-0.2, 0) is 4.79 Å². The number of thioether (sulfide) groups is 1. The maximum atomic E-state index is 10.9. The first kappa shape index (κ1) is 14.3. The predicted molar refractivity (Wildman–Crippen MR) is 82.1 cm³/mol. The van der Waals surface area contributed by atoms with Gasteiger partial charge >= 0.3 is 5.97 Å². The van der Waals surface area contributed by atoms with E-state index in [1.54, 1.807) is 7.11 Å². The largest absolute Gasteiger partial charge is 0.494 e. The van der Waals surface area contributed by atoms with E-state index in [1.807, 2.05) is 18.2 Å². The van der Waals surface area contributed by atoms with E-state index < -0.39 is 5.97 Å². The first-order valence-corrected chi connectivity index (χ1v) is 7.82. The molecule has 112 valence electrons. The molecule has 5 nitrogen and oxygen atoms in total. The summed E-state index contributed by atoms with van der Waals surface area (Å²) in [5, 5.41) is 9.67. The van der Waals surface area contributed by atoms with Gasteiger partial charge in [0.25, 0.3) is 0 Å².